The van der Waals surface area contributed by atoms with Crippen molar-refractivity contribution in [3.63, 3.8) is 0 Å². The van der Waals surface area contributed by atoms with Crippen molar-refractivity contribution in [2.45, 2.75) is 38.2 Å². The zero-order valence-corrected chi connectivity index (χ0v) is 13.2. The van der Waals surface area contributed by atoms with Gasteiger partial charge in [0.25, 0.3) is 0 Å². The SMILES string of the molecule is C[Si](C)(C)CCC1CN(CCCl)CCO1.Cl. The van der Waals surface area contributed by atoms with E-state index in [-0.39, 0.29) is 12.4 Å². The number of nitrogens with zero attached hydrogens (tertiary/aromatic N) is 1. The lowest BCUT2D eigenvalue weighted by molar-refractivity contribution is -0.0276. The van der Waals surface area contributed by atoms with Crippen LogP contribution in [-0.2, 0) is 4.74 Å². The number of alkyl halides is 1. The second-order valence-corrected chi connectivity index (χ2v) is 11.6. The van der Waals surface area contributed by atoms with E-state index in [1.54, 1.807) is 0 Å². The van der Waals surface area contributed by atoms with E-state index in [4.69, 9.17) is 16.3 Å². The molecule has 1 rings (SSSR count). The molecule has 1 unspecified atom stereocenters. The summed E-state index contributed by atoms with van der Waals surface area (Å²) in [4.78, 5) is 2.42. The van der Waals surface area contributed by atoms with Crippen LogP contribution in [0.3, 0.4) is 0 Å². The highest BCUT2D eigenvalue weighted by molar-refractivity contribution is 6.76. The number of rotatable bonds is 5. The van der Waals surface area contributed by atoms with Crippen LogP contribution >= 0.6 is 24.0 Å². The van der Waals surface area contributed by atoms with Gasteiger partial charge in [-0.1, -0.05) is 25.7 Å². The van der Waals surface area contributed by atoms with Crippen LogP contribution in [0.15, 0.2) is 0 Å². The highest BCUT2D eigenvalue weighted by Crippen LogP contribution is 2.17. The third-order valence-electron chi connectivity index (χ3n) is 2.84. The molecule has 0 N–H and O–H groups in total. The molecule has 0 aromatic rings. The van der Waals surface area contributed by atoms with Crippen LogP contribution in [0, 0.1) is 0 Å². The zero-order valence-electron chi connectivity index (χ0n) is 10.7. The molecule has 0 saturated carbocycles. The van der Waals surface area contributed by atoms with Crippen molar-refractivity contribution in [1.82, 2.24) is 4.90 Å². The molecule has 1 fully saturated rings. The maximum Gasteiger partial charge on any atom is 0.0700 e. The van der Waals surface area contributed by atoms with Gasteiger partial charge in [0.1, 0.15) is 0 Å². The molecule has 1 aliphatic rings. The minimum atomic E-state index is -0.906. The summed E-state index contributed by atoms with van der Waals surface area (Å²) in [5.41, 5.74) is 0. The van der Waals surface area contributed by atoms with Crippen LogP contribution in [0.5, 0.6) is 0 Å². The van der Waals surface area contributed by atoms with E-state index in [1.807, 2.05) is 0 Å². The monoisotopic (exact) mass is 285 g/mol. The van der Waals surface area contributed by atoms with Crippen LogP contribution in [-0.4, -0.2) is 51.2 Å². The lowest BCUT2D eigenvalue weighted by Gasteiger charge is -2.33. The molecule has 1 aliphatic heterocycles. The summed E-state index contributed by atoms with van der Waals surface area (Å²) in [5.74, 6) is 0.737. The standard InChI is InChI=1S/C11H24ClNOSi.ClH/c1-15(2,3)9-4-11-10-13(6-5-12)7-8-14-11;/h11H,4-10H2,1-3H3;1H. The molecule has 0 aromatic heterocycles. The zero-order chi connectivity index (χ0) is 11.3. The predicted molar refractivity (Wildman–Crippen MR) is 76.9 cm³/mol. The predicted octanol–water partition coefficient (Wildman–Crippen LogP) is 3.08. The molecule has 1 saturated heterocycles. The van der Waals surface area contributed by atoms with Gasteiger partial charge in [-0.3, -0.25) is 4.90 Å². The van der Waals surface area contributed by atoms with Crippen molar-refractivity contribution in [3.8, 4) is 0 Å². The average Bonchev–Trinajstić information content (AvgIpc) is 2.15. The summed E-state index contributed by atoms with van der Waals surface area (Å²) < 4.78 is 5.79. The quantitative estimate of drug-likeness (QED) is 0.569. The maximum absolute atomic E-state index is 5.79. The first-order valence-electron chi connectivity index (χ1n) is 5.91. The van der Waals surface area contributed by atoms with Crippen molar-refractivity contribution in [2.75, 3.05) is 32.1 Å². The summed E-state index contributed by atoms with van der Waals surface area (Å²) in [6, 6.07) is 1.37. The Labute approximate surface area is 112 Å². The minimum absolute atomic E-state index is 0. The summed E-state index contributed by atoms with van der Waals surface area (Å²) in [6.45, 7) is 11.3. The fourth-order valence-corrected chi connectivity index (χ4v) is 3.30. The Morgan fingerprint density at radius 3 is 2.62 bits per heavy atom. The van der Waals surface area contributed by atoms with Gasteiger partial charge >= 0.3 is 0 Å². The van der Waals surface area contributed by atoms with Crippen LogP contribution in [0.2, 0.25) is 25.7 Å². The van der Waals surface area contributed by atoms with Gasteiger partial charge < -0.3 is 4.74 Å². The Balaban J connectivity index is 0.00000225. The van der Waals surface area contributed by atoms with Crippen molar-refractivity contribution < 1.29 is 4.74 Å². The molecule has 0 radical (unpaired) electrons. The summed E-state index contributed by atoms with van der Waals surface area (Å²) in [7, 11) is -0.906. The Morgan fingerprint density at radius 1 is 1.38 bits per heavy atom. The van der Waals surface area contributed by atoms with E-state index in [9.17, 15) is 0 Å². The van der Waals surface area contributed by atoms with Gasteiger partial charge in [-0.2, -0.15) is 0 Å². The Bertz CT molecular complexity index is 185. The molecule has 1 atom stereocenters. The van der Waals surface area contributed by atoms with Gasteiger partial charge in [0.2, 0.25) is 0 Å². The van der Waals surface area contributed by atoms with E-state index < -0.39 is 8.07 Å². The van der Waals surface area contributed by atoms with E-state index in [0.717, 1.165) is 32.1 Å². The molecule has 16 heavy (non-hydrogen) atoms. The Morgan fingerprint density at radius 2 is 2.06 bits per heavy atom. The summed E-state index contributed by atoms with van der Waals surface area (Å²) in [6.07, 6.45) is 1.68. The van der Waals surface area contributed by atoms with Crippen LogP contribution in [0.1, 0.15) is 6.42 Å². The molecule has 5 heteroatoms. The molecule has 98 valence electrons. The smallest absolute Gasteiger partial charge is 0.0700 e. The van der Waals surface area contributed by atoms with Gasteiger partial charge in [-0.05, 0) is 6.42 Å². The fraction of sp³-hybridized carbons (Fsp3) is 1.00. The largest absolute Gasteiger partial charge is 0.376 e. The highest BCUT2D eigenvalue weighted by Gasteiger charge is 2.22. The average molecular weight is 286 g/mol. The van der Waals surface area contributed by atoms with Crippen molar-refractivity contribution in [3.05, 3.63) is 0 Å². The Kier molecular flexibility index (Phi) is 8.29. The van der Waals surface area contributed by atoms with Crippen molar-refractivity contribution in [1.29, 1.82) is 0 Å². The van der Waals surface area contributed by atoms with E-state index in [2.05, 4.69) is 24.5 Å². The molecule has 0 aromatic carbocycles. The lowest BCUT2D eigenvalue weighted by Crippen LogP contribution is -2.43. The number of hydrogen-bond donors (Lipinski definition) is 0. The molecule has 1 heterocycles. The molecular formula is C11H25Cl2NOSi. The first-order valence-corrected chi connectivity index (χ1v) is 10.2. The highest BCUT2D eigenvalue weighted by atomic mass is 35.5. The summed E-state index contributed by atoms with van der Waals surface area (Å²) in [5, 5.41) is 0. The molecular weight excluding hydrogens is 261 g/mol. The van der Waals surface area contributed by atoms with Gasteiger partial charge in [0.15, 0.2) is 0 Å². The van der Waals surface area contributed by atoms with E-state index in [1.165, 1.54) is 12.5 Å². The number of halogens is 2. The van der Waals surface area contributed by atoms with Gasteiger partial charge in [0, 0.05) is 33.6 Å². The molecule has 2 nitrogen and oxygen atoms in total. The third-order valence-corrected chi connectivity index (χ3v) is 4.80. The molecule has 0 amide bonds. The minimum Gasteiger partial charge on any atom is -0.376 e. The lowest BCUT2D eigenvalue weighted by atomic mass is 10.2. The summed E-state index contributed by atoms with van der Waals surface area (Å²) >= 11 is 5.76. The fourth-order valence-electron chi connectivity index (χ4n) is 1.87. The number of morpholine rings is 1. The second kappa shape index (κ2) is 7.93. The first-order chi connectivity index (χ1) is 7.01. The Hall–Kier alpha value is 0.717. The molecule has 0 aliphatic carbocycles. The van der Waals surface area contributed by atoms with Crippen LogP contribution in [0.25, 0.3) is 0 Å². The van der Waals surface area contributed by atoms with Gasteiger partial charge in [0.05, 0.1) is 12.7 Å². The topological polar surface area (TPSA) is 12.5 Å². The van der Waals surface area contributed by atoms with Gasteiger partial charge in [-0.25, -0.2) is 0 Å². The van der Waals surface area contributed by atoms with E-state index in [0.29, 0.717) is 6.10 Å². The van der Waals surface area contributed by atoms with Crippen molar-refractivity contribution in [2.24, 2.45) is 0 Å². The van der Waals surface area contributed by atoms with E-state index >= 15 is 0 Å². The second-order valence-electron chi connectivity index (χ2n) is 5.58. The third kappa shape index (κ3) is 7.12. The molecule has 0 bridgehead atoms. The molecule has 0 spiro atoms. The van der Waals surface area contributed by atoms with Gasteiger partial charge in [-0.15, -0.1) is 24.0 Å². The normalized spacial score (nSPS) is 22.9. The van der Waals surface area contributed by atoms with Crippen LogP contribution in [0.4, 0.5) is 0 Å². The first kappa shape index (κ1) is 16.7. The maximum atomic E-state index is 5.79. The number of hydrogen-bond acceptors (Lipinski definition) is 2. The van der Waals surface area contributed by atoms with Crippen molar-refractivity contribution >= 4 is 32.1 Å². The number of ether oxygens (including phenoxy) is 1. The van der Waals surface area contributed by atoms with Crippen LogP contribution < -0.4 is 0 Å².